The molecule has 1 aliphatic rings. The Morgan fingerprint density at radius 1 is 1.44 bits per heavy atom. The van der Waals surface area contributed by atoms with E-state index in [1.165, 1.54) is 0 Å². The molecule has 3 nitrogen and oxygen atoms in total. The normalized spacial score (nSPS) is 20.2. The minimum atomic E-state index is -0.116. The van der Waals surface area contributed by atoms with Crippen LogP contribution in [0.2, 0.25) is 5.02 Å². The van der Waals surface area contributed by atoms with Crippen LogP contribution in [0.15, 0.2) is 24.3 Å². The Morgan fingerprint density at radius 2 is 2.17 bits per heavy atom. The van der Waals surface area contributed by atoms with E-state index in [4.69, 9.17) is 16.3 Å². The lowest BCUT2D eigenvalue weighted by molar-refractivity contribution is -0.142. The SMILES string of the molecule is CC(C)C(=O)N1CCOC(c2ccccc2Cl)C1. The molecule has 0 aromatic heterocycles. The van der Waals surface area contributed by atoms with Gasteiger partial charge in [-0.15, -0.1) is 0 Å². The molecular weight excluding hydrogens is 250 g/mol. The van der Waals surface area contributed by atoms with E-state index in [1.54, 1.807) is 0 Å². The molecule has 98 valence electrons. The fraction of sp³-hybridized carbons (Fsp3) is 0.500. The van der Waals surface area contributed by atoms with Crippen LogP contribution >= 0.6 is 11.6 Å². The van der Waals surface area contributed by atoms with Crippen molar-refractivity contribution >= 4 is 17.5 Å². The van der Waals surface area contributed by atoms with Gasteiger partial charge in [-0.25, -0.2) is 0 Å². The maximum absolute atomic E-state index is 12.0. The van der Waals surface area contributed by atoms with Crippen molar-refractivity contribution in [3.63, 3.8) is 0 Å². The highest BCUT2D eigenvalue weighted by atomic mass is 35.5. The predicted molar refractivity (Wildman–Crippen MR) is 71.6 cm³/mol. The molecule has 1 amide bonds. The van der Waals surface area contributed by atoms with Crippen LogP contribution in [0.5, 0.6) is 0 Å². The number of carbonyl (C=O) groups excluding carboxylic acids is 1. The Labute approximate surface area is 113 Å². The third-order valence-electron chi connectivity index (χ3n) is 3.12. The molecule has 0 aliphatic carbocycles. The number of benzene rings is 1. The Morgan fingerprint density at radius 3 is 2.83 bits per heavy atom. The molecule has 1 heterocycles. The van der Waals surface area contributed by atoms with E-state index in [9.17, 15) is 4.79 Å². The van der Waals surface area contributed by atoms with Crippen molar-refractivity contribution in [1.29, 1.82) is 0 Å². The van der Waals surface area contributed by atoms with Crippen molar-refractivity contribution in [3.8, 4) is 0 Å². The van der Waals surface area contributed by atoms with Crippen molar-refractivity contribution in [2.24, 2.45) is 5.92 Å². The quantitative estimate of drug-likeness (QED) is 0.825. The van der Waals surface area contributed by atoms with Crippen LogP contribution in [0.4, 0.5) is 0 Å². The van der Waals surface area contributed by atoms with E-state index in [1.807, 2.05) is 43.0 Å². The summed E-state index contributed by atoms with van der Waals surface area (Å²) in [5.41, 5.74) is 0.959. The number of rotatable bonds is 2. The third kappa shape index (κ3) is 2.85. The summed E-state index contributed by atoms with van der Waals surface area (Å²) in [5.74, 6) is 0.199. The summed E-state index contributed by atoms with van der Waals surface area (Å²) in [6, 6.07) is 7.64. The number of ether oxygens (including phenoxy) is 1. The van der Waals surface area contributed by atoms with Gasteiger partial charge in [-0.3, -0.25) is 4.79 Å². The van der Waals surface area contributed by atoms with Gasteiger partial charge in [-0.1, -0.05) is 43.6 Å². The first-order valence-corrected chi connectivity index (χ1v) is 6.62. The van der Waals surface area contributed by atoms with Crippen molar-refractivity contribution in [2.75, 3.05) is 19.7 Å². The Hall–Kier alpha value is -1.06. The van der Waals surface area contributed by atoms with Crippen molar-refractivity contribution in [3.05, 3.63) is 34.9 Å². The fourth-order valence-corrected chi connectivity index (χ4v) is 2.40. The van der Waals surface area contributed by atoms with Gasteiger partial charge in [0.1, 0.15) is 6.10 Å². The maximum Gasteiger partial charge on any atom is 0.225 e. The third-order valence-corrected chi connectivity index (χ3v) is 3.47. The van der Waals surface area contributed by atoms with Gasteiger partial charge < -0.3 is 9.64 Å². The van der Waals surface area contributed by atoms with Crippen LogP contribution in [0.25, 0.3) is 0 Å². The molecular formula is C14H18ClNO2. The minimum Gasteiger partial charge on any atom is -0.370 e. The number of hydrogen-bond donors (Lipinski definition) is 0. The van der Waals surface area contributed by atoms with Crippen LogP contribution in [0.3, 0.4) is 0 Å². The van der Waals surface area contributed by atoms with Gasteiger partial charge in [0, 0.05) is 23.0 Å². The van der Waals surface area contributed by atoms with Gasteiger partial charge in [-0.05, 0) is 6.07 Å². The molecule has 2 rings (SSSR count). The van der Waals surface area contributed by atoms with Crippen molar-refractivity contribution < 1.29 is 9.53 Å². The van der Waals surface area contributed by atoms with E-state index < -0.39 is 0 Å². The van der Waals surface area contributed by atoms with E-state index in [0.717, 1.165) is 5.56 Å². The summed E-state index contributed by atoms with van der Waals surface area (Å²) in [6.45, 7) is 5.65. The topological polar surface area (TPSA) is 29.5 Å². The van der Waals surface area contributed by atoms with Gasteiger partial charge in [0.2, 0.25) is 5.91 Å². The standard InChI is InChI=1S/C14H18ClNO2/c1-10(2)14(17)16-7-8-18-13(9-16)11-5-3-4-6-12(11)15/h3-6,10,13H,7-9H2,1-2H3. The summed E-state index contributed by atoms with van der Waals surface area (Å²) in [6.07, 6.45) is -0.116. The molecule has 1 atom stereocenters. The molecule has 0 N–H and O–H groups in total. The van der Waals surface area contributed by atoms with Gasteiger partial charge in [-0.2, -0.15) is 0 Å². The Bertz CT molecular complexity index is 434. The summed E-state index contributed by atoms with van der Waals surface area (Å²) < 4.78 is 5.73. The lowest BCUT2D eigenvalue weighted by Crippen LogP contribution is -2.44. The Kier molecular flexibility index (Phi) is 4.25. The molecule has 1 unspecified atom stereocenters. The monoisotopic (exact) mass is 267 g/mol. The largest absolute Gasteiger partial charge is 0.370 e. The zero-order valence-corrected chi connectivity index (χ0v) is 11.5. The van der Waals surface area contributed by atoms with Gasteiger partial charge in [0.15, 0.2) is 0 Å². The molecule has 1 aliphatic heterocycles. The van der Waals surface area contributed by atoms with Gasteiger partial charge >= 0.3 is 0 Å². The highest BCUT2D eigenvalue weighted by molar-refractivity contribution is 6.31. The lowest BCUT2D eigenvalue weighted by atomic mass is 10.1. The zero-order valence-electron chi connectivity index (χ0n) is 10.7. The van der Waals surface area contributed by atoms with E-state index in [0.29, 0.717) is 24.7 Å². The highest BCUT2D eigenvalue weighted by Crippen LogP contribution is 2.28. The second-order valence-electron chi connectivity index (χ2n) is 4.82. The van der Waals surface area contributed by atoms with E-state index in [2.05, 4.69) is 0 Å². The minimum absolute atomic E-state index is 0.0231. The number of morpholine rings is 1. The number of nitrogens with zero attached hydrogens (tertiary/aromatic N) is 1. The van der Waals surface area contributed by atoms with Crippen molar-refractivity contribution in [2.45, 2.75) is 20.0 Å². The number of hydrogen-bond acceptors (Lipinski definition) is 2. The van der Waals surface area contributed by atoms with Gasteiger partial charge in [0.05, 0.1) is 13.2 Å². The molecule has 18 heavy (non-hydrogen) atoms. The molecule has 1 saturated heterocycles. The first-order chi connectivity index (χ1) is 8.59. The second kappa shape index (κ2) is 5.72. The van der Waals surface area contributed by atoms with Crippen LogP contribution in [-0.4, -0.2) is 30.5 Å². The van der Waals surface area contributed by atoms with Crippen LogP contribution in [0, 0.1) is 5.92 Å². The summed E-state index contributed by atoms with van der Waals surface area (Å²) >= 11 is 6.16. The molecule has 1 aromatic rings. The Balaban J connectivity index is 2.12. The van der Waals surface area contributed by atoms with E-state index >= 15 is 0 Å². The molecule has 0 spiro atoms. The van der Waals surface area contributed by atoms with Crippen LogP contribution < -0.4 is 0 Å². The average molecular weight is 268 g/mol. The van der Waals surface area contributed by atoms with Crippen molar-refractivity contribution in [1.82, 2.24) is 4.90 Å². The molecule has 1 fully saturated rings. The first-order valence-electron chi connectivity index (χ1n) is 6.24. The predicted octanol–water partition coefficient (Wildman–Crippen LogP) is 2.90. The summed E-state index contributed by atoms with van der Waals surface area (Å²) in [7, 11) is 0. The van der Waals surface area contributed by atoms with Gasteiger partial charge in [0.25, 0.3) is 0 Å². The molecule has 0 bridgehead atoms. The maximum atomic E-state index is 12.0. The fourth-order valence-electron chi connectivity index (χ4n) is 2.14. The number of amides is 1. The highest BCUT2D eigenvalue weighted by Gasteiger charge is 2.27. The number of halogens is 1. The first kappa shape index (κ1) is 13.4. The smallest absolute Gasteiger partial charge is 0.225 e. The number of carbonyl (C=O) groups is 1. The second-order valence-corrected chi connectivity index (χ2v) is 5.23. The molecule has 1 aromatic carbocycles. The molecule has 0 saturated carbocycles. The summed E-state index contributed by atoms with van der Waals surface area (Å²) in [5, 5.41) is 0.696. The van der Waals surface area contributed by atoms with Crippen LogP contribution in [-0.2, 0) is 9.53 Å². The zero-order chi connectivity index (χ0) is 13.1. The summed E-state index contributed by atoms with van der Waals surface area (Å²) in [4.78, 5) is 13.9. The molecule has 4 heteroatoms. The molecule has 0 radical (unpaired) electrons. The average Bonchev–Trinajstić information content (AvgIpc) is 2.38. The van der Waals surface area contributed by atoms with E-state index in [-0.39, 0.29) is 17.9 Å². The van der Waals surface area contributed by atoms with Crippen LogP contribution in [0.1, 0.15) is 25.5 Å². The lowest BCUT2D eigenvalue weighted by Gasteiger charge is -2.34.